The number of benzene rings is 1. The quantitative estimate of drug-likeness (QED) is 0.906. The lowest BCUT2D eigenvalue weighted by Gasteiger charge is -2.37. The van der Waals surface area contributed by atoms with E-state index >= 15 is 0 Å². The molecule has 1 unspecified atom stereocenters. The number of carbonyl (C=O) groups is 1. The maximum atomic E-state index is 11.1. The van der Waals surface area contributed by atoms with Gasteiger partial charge in [-0.1, -0.05) is 30.3 Å². The summed E-state index contributed by atoms with van der Waals surface area (Å²) in [5, 5.41) is 2.90. The van der Waals surface area contributed by atoms with Crippen LogP contribution < -0.4 is 5.32 Å². The van der Waals surface area contributed by atoms with Crippen molar-refractivity contribution in [2.75, 3.05) is 26.2 Å². The molecule has 0 aliphatic carbocycles. The summed E-state index contributed by atoms with van der Waals surface area (Å²) in [7, 11) is 0. The third-order valence-electron chi connectivity index (χ3n) is 4.34. The van der Waals surface area contributed by atoms with Crippen LogP contribution in [0.1, 0.15) is 18.4 Å². The van der Waals surface area contributed by atoms with Crippen LogP contribution in [-0.4, -0.2) is 43.2 Å². The Balaban J connectivity index is 1.46. The van der Waals surface area contributed by atoms with Gasteiger partial charge in [-0.05, 0) is 37.4 Å². The molecule has 1 atom stereocenters. The van der Waals surface area contributed by atoms with Crippen LogP contribution in [0.5, 0.6) is 0 Å². The molecule has 0 spiro atoms. The molecule has 1 aromatic rings. The highest BCUT2D eigenvalue weighted by molar-refractivity contribution is 5.77. The first-order chi connectivity index (χ1) is 9.81. The molecular weight excluding hydrogens is 252 g/mol. The van der Waals surface area contributed by atoms with Gasteiger partial charge in [0, 0.05) is 13.1 Å². The fraction of sp³-hybridized carbons (Fsp3) is 0.562. The molecule has 4 nitrogen and oxygen atoms in total. The Labute approximate surface area is 120 Å². The number of rotatable bonds is 3. The molecule has 0 aromatic heterocycles. The van der Waals surface area contributed by atoms with Crippen molar-refractivity contribution in [3.63, 3.8) is 0 Å². The summed E-state index contributed by atoms with van der Waals surface area (Å²) >= 11 is 0. The van der Waals surface area contributed by atoms with E-state index in [4.69, 9.17) is 4.74 Å². The van der Waals surface area contributed by atoms with E-state index in [1.54, 1.807) is 0 Å². The van der Waals surface area contributed by atoms with Gasteiger partial charge in [-0.15, -0.1) is 0 Å². The molecule has 2 aliphatic rings. The van der Waals surface area contributed by atoms with Crippen LogP contribution >= 0.6 is 0 Å². The molecule has 3 rings (SSSR count). The van der Waals surface area contributed by atoms with E-state index in [0.717, 1.165) is 32.5 Å². The van der Waals surface area contributed by atoms with Gasteiger partial charge in [0.25, 0.3) is 0 Å². The molecule has 0 bridgehead atoms. The average Bonchev–Trinajstić information content (AvgIpc) is 2.50. The van der Waals surface area contributed by atoms with E-state index in [2.05, 4.69) is 40.5 Å². The van der Waals surface area contributed by atoms with Crippen LogP contribution in [0.3, 0.4) is 0 Å². The van der Waals surface area contributed by atoms with Crippen molar-refractivity contribution in [1.29, 1.82) is 0 Å². The van der Waals surface area contributed by atoms with Crippen LogP contribution in [0, 0.1) is 5.92 Å². The third-order valence-corrected chi connectivity index (χ3v) is 4.34. The Hall–Kier alpha value is -1.39. The second kappa shape index (κ2) is 6.37. The van der Waals surface area contributed by atoms with E-state index < -0.39 is 0 Å². The number of hydrogen-bond donors (Lipinski definition) is 1. The first kappa shape index (κ1) is 13.6. The van der Waals surface area contributed by atoms with Crippen molar-refractivity contribution >= 4 is 5.91 Å². The second-order valence-corrected chi connectivity index (χ2v) is 5.75. The van der Waals surface area contributed by atoms with Crippen molar-refractivity contribution in [3.8, 4) is 0 Å². The Morgan fingerprint density at radius 1 is 1.20 bits per heavy atom. The van der Waals surface area contributed by atoms with E-state index in [-0.39, 0.29) is 18.6 Å². The van der Waals surface area contributed by atoms with Gasteiger partial charge in [-0.2, -0.15) is 0 Å². The fourth-order valence-corrected chi connectivity index (χ4v) is 3.13. The van der Waals surface area contributed by atoms with Gasteiger partial charge < -0.3 is 10.1 Å². The monoisotopic (exact) mass is 274 g/mol. The number of ether oxygens (including phenoxy) is 1. The third kappa shape index (κ3) is 3.38. The molecule has 4 heteroatoms. The number of morpholine rings is 1. The lowest BCUT2D eigenvalue weighted by molar-refractivity contribution is -0.136. The zero-order valence-corrected chi connectivity index (χ0v) is 11.8. The highest BCUT2D eigenvalue weighted by Crippen LogP contribution is 2.24. The number of piperidine rings is 1. The largest absolute Gasteiger partial charge is 0.366 e. The predicted octanol–water partition coefficient (Wildman–Crippen LogP) is 1.41. The number of nitrogens with zero attached hydrogens (tertiary/aromatic N) is 1. The molecule has 1 aromatic carbocycles. The molecular formula is C16H22N2O2. The van der Waals surface area contributed by atoms with Crippen LogP contribution in [0.25, 0.3) is 0 Å². The minimum absolute atomic E-state index is 0.0164. The van der Waals surface area contributed by atoms with Crippen molar-refractivity contribution in [2.45, 2.75) is 25.5 Å². The molecule has 0 saturated carbocycles. The number of likely N-dealkylation sites (tertiary alicyclic amines) is 1. The summed E-state index contributed by atoms with van der Waals surface area (Å²) in [6.07, 6.45) is 2.53. The molecule has 2 fully saturated rings. The molecule has 2 saturated heterocycles. The van der Waals surface area contributed by atoms with Gasteiger partial charge in [0.05, 0.1) is 6.10 Å². The molecule has 20 heavy (non-hydrogen) atoms. The van der Waals surface area contributed by atoms with Crippen molar-refractivity contribution < 1.29 is 9.53 Å². The lowest BCUT2D eigenvalue weighted by Crippen LogP contribution is -2.48. The standard InChI is InChI=1S/C16H22N2O2/c19-16-12-20-15(10-17-16)14-6-8-18(9-7-14)11-13-4-2-1-3-5-13/h1-5,14-15H,6-12H2,(H,17,19). The fourth-order valence-electron chi connectivity index (χ4n) is 3.13. The van der Waals surface area contributed by atoms with E-state index in [1.165, 1.54) is 5.56 Å². The Morgan fingerprint density at radius 2 is 1.95 bits per heavy atom. The second-order valence-electron chi connectivity index (χ2n) is 5.75. The first-order valence-electron chi connectivity index (χ1n) is 7.46. The molecule has 2 aliphatic heterocycles. The average molecular weight is 274 g/mol. The predicted molar refractivity (Wildman–Crippen MR) is 77.2 cm³/mol. The SMILES string of the molecule is O=C1COC(C2CCN(Cc3ccccc3)CC2)CN1. The molecule has 2 heterocycles. The van der Waals surface area contributed by atoms with Crippen LogP contribution in [-0.2, 0) is 16.1 Å². The van der Waals surface area contributed by atoms with Gasteiger partial charge in [0.1, 0.15) is 6.61 Å². The summed E-state index contributed by atoms with van der Waals surface area (Å²) in [5.74, 6) is 0.602. The molecule has 0 radical (unpaired) electrons. The minimum Gasteiger partial charge on any atom is -0.366 e. The summed E-state index contributed by atoms with van der Waals surface area (Å²) in [5.41, 5.74) is 1.38. The van der Waals surface area contributed by atoms with Crippen molar-refractivity contribution in [2.24, 2.45) is 5.92 Å². The summed E-state index contributed by atoms with van der Waals surface area (Å²) in [6, 6.07) is 10.6. The van der Waals surface area contributed by atoms with Gasteiger partial charge in [-0.25, -0.2) is 0 Å². The number of amides is 1. The lowest BCUT2D eigenvalue weighted by atomic mass is 9.90. The summed E-state index contributed by atoms with van der Waals surface area (Å²) in [6.45, 7) is 4.19. The summed E-state index contributed by atoms with van der Waals surface area (Å²) < 4.78 is 5.65. The zero-order valence-electron chi connectivity index (χ0n) is 11.8. The van der Waals surface area contributed by atoms with E-state index in [1.807, 2.05) is 0 Å². The zero-order chi connectivity index (χ0) is 13.8. The highest BCUT2D eigenvalue weighted by Gasteiger charge is 2.30. The van der Waals surface area contributed by atoms with Gasteiger partial charge in [0.15, 0.2) is 0 Å². The smallest absolute Gasteiger partial charge is 0.246 e. The first-order valence-corrected chi connectivity index (χ1v) is 7.46. The topological polar surface area (TPSA) is 41.6 Å². The molecule has 1 N–H and O–H groups in total. The number of nitrogens with one attached hydrogen (secondary N) is 1. The van der Waals surface area contributed by atoms with Crippen LogP contribution in [0.2, 0.25) is 0 Å². The molecule has 1 amide bonds. The number of carbonyl (C=O) groups excluding carboxylic acids is 1. The Kier molecular flexibility index (Phi) is 4.33. The Bertz CT molecular complexity index is 431. The normalized spacial score (nSPS) is 25.4. The maximum Gasteiger partial charge on any atom is 0.246 e. The molecule has 108 valence electrons. The summed E-state index contributed by atoms with van der Waals surface area (Å²) in [4.78, 5) is 13.6. The van der Waals surface area contributed by atoms with Crippen LogP contribution in [0.15, 0.2) is 30.3 Å². The minimum atomic E-state index is 0.0164. The van der Waals surface area contributed by atoms with Gasteiger partial charge in [0.2, 0.25) is 5.91 Å². The van der Waals surface area contributed by atoms with E-state index in [0.29, 0.717) is 12.5 Å². The van der Waals surface area contributed by atoms with Crippen molar-refractivity contribution in [1.82, 2.24) is 10.2 Å². The van der Waals surface area contributed by atoms with Gasteiger partial charge in [-0.3, -0.25) is 9.69 Å². The van der Waals surface area contributed by atoms with Crippen molar-refractivity contribution in [3.05, 3.63) is 35.9 Å². The Morgan fingerprint density at radius 3 is 2.60 bits per heavy atom. The van der Waals surface area contributed by atoms with Crippen LogP contribution in [0.4, 0.5) is 0 Å². The highest BCUT2D eigenvalue weighted by atomic mass is 16.5. The van der Waals surface area contributed by atoms with Gasteiger partial charge >= 0.3 is 0 Å². The van der Waals surface area contributed by atoms with E-state index in [9.17, 15) is 4.79 Å². The maximum absolute atomic E-state index is 11.1. The number of hydrogen-bond acceptors (Lipinski definition) is 3.